The Morgan fingerprint density at radius 1 is 1.00 bits per heavy atom. The monoisotopic (exact) mass is 175 g/mol. The zero-order valence-corrected chi connectivity index (χ0v) is 8.24. The lowest BCUT2D eigenvalue weighted by atomic mass is 10.3. The van der Waals surface area contributed by atoms with Crippen LogP contribution in [0.1, 0.15) is 32.6 Å². The highest BCUT2D eigenvalue weighted by molar-refractivity contribution is 5.11. The lowest BCUT2D eigenvalue weighted by molar-refractivity contribution is 0.959. The van der Waals surface area contributed by atoms with Crippen LogP contribution in [0.15, 0.2) is 36.5 Å². The molecule has 0 radical (unpaired) electrons. The molecule has 0 aromatic heterocycles. The molecule has 0 aliphatic rings. The van der Waals surface area contributed by atoms with Gasteiger partial charge >= 0.3 is 0 Å². The average Bonchev–Trinajstić information content (AvgIpc) is 2.16. The van der Waals surface area contributed by atoms with Crippen molar-refractivity contribution in [1.82, 2.24) is 0 Å². The van der Waals surface area contributed by atoms with Gasteiger partial charge in [-0.15, -0.1) is 0 Å². The van der Waals surface area contributed by atoms with Crippen molar-refractivity contribution in [2.24, 2.45) is 0 Å². The van der Waals surface area contributed by atoms with Gasteiger partial charge in [-0.2, -0.15) is 5.26 Å². The Bertz CT molecular complexity index is 216. The molecule has 0 heterocycles. The summed E-state index contributed by atoms with van der Waals surface area (Å²) in [5, 5.41) is 8.25. The largest absolute Gasteiger partial charge is 0.198 e. The maximum absolute atomic E-state index is 8.25. The quantitative estimate of drug-likeness (QED) is 0.445. The van der Waals surface area contributed by atoms with Crippen molar-refractivity contribution in [3.05, 3.63) is 36.5 Å². The van der Waals surface area contributed by atoms with Gasteiger partial charge in [0.1, 0.15) is 0 Å². The number of nitrogens with zero attached hydrogens (tertiary/aromatic N) is 1. The van der Waals surface area contributed by atoms with E-state index in [1.54, 1.807) is 0 Å². The van der Waals surface area contributed by atoms with Crippen molar-refractivity contribution < 1.29 is 0 Å². The van der Waals surface area contributed by atoms with Gasteiger partial charge in [0.05, 0.1) is 6.07 Å². The van der Waals surface area contributed by atoms with E-state index in [0.29, 0.717) is 6.42 Å². The van der Waals surface area contributed by atoms with Crippen molar-refractivity contribution in [2.75, 3.05) is 0 Å². The van der Waals surface area contributed by atoms with E-state index >= 15 is 0 Å². The second kappa shape index (κ2) is 10.7. The predicted octanol–water partition coefficient (Wildman–Crippen LogP) is 3.76. The minimum Gasteiger partial charge on any atom is -0.198 e. The molecule has 0 aromatic carbocycles. The molecule has 0 saturated carbocycles. The molecule has 0 atom stereocenters. The normalized spacial score (nSPS) is 11.7. The summed E-state index contributed by atoms with van der Waals surface area (Å²) >= 11 is 0. The van der Waals surface area contributed by atoms with Crippen molar-refractivity contribution in [3.63, 3.8) is 0 Å². The smallest absolute Gasteiger partial charge is 0.0625 e. The maximum atomic E-state index is 8.25. The molecule has 0 fully saturated rings. The zero-order valence-electron chi connectivity index (χ0n) is 8.24. The highest BCUT2D eigenvalue weighted by Gasteiger charge is 1.73. The van der Waals surface area contributed by atoms with Gasteiger partial charge in [0.15, 0.2) is 0 Å². The molecule has 0 aromatic rings. The van der Waals surface area contributed by atoms with Crippen LogP contribution in [0.3, 0.4) is 0 Å². The van der Waals surface area contributed by atoms with Crippen LogP contribution in [0, 0.1) is 11.3 Å². The van der Waals surface area contributed by atoms with Crippen LogP contribution in [0.25, 0.3) is 0 Å². The van der Waals surface area contributed by atoms with Gasteiger partial charge in [0.2, 0.25) is 0 Å². The molecule has 0 amide bonds. The van der Waals surface area contributed by atoms with E-state index in [9.17, 15) is 0 Å². The Kier molecular flexibility index (Phi) is 9.65. The number of unbranched alkanes of at least 4 members (excludes halogenated alkanes) is 2. The fourth-order valence-electron chi connectivity index (χ4n) is 0.792. The second-order valence-corrected chi connectivity index (χ2v) is 2.73. The van der Waals surface area contributed by atoms with E-state index in [-0.39, 0.29) is 0 Å². The first-order valence-corrected chi connectivity index (χ1v) is 4.77. The lowest BCUT2D eigenvalue weighted by Gasteiger charge is -1.80. The van der Waals surface area contributed by atoms with E-state index in [2.05, 4.69) is 25.1 Å². The Labute approximate surface area is 81.1 Å². The summed E-state index contributed by atoms with van der Waals surface area (Å²) in [7, 11) is 0. The van der Waals surface area contributed by atoms with Gasteiger partial charge in [-0.1, -0.05) is 49.8 Å². The van der Waals surface area contributed by atoms with Crippen LogP contribution < -0.4 is 0 Å². The molecule has 0 bridgehead atoms. The minimum absolute atomic E-state index is 0.607. The number of hydrogen-bond acceptors (Lipinski definition) is 1. The van der Waals surface area contributed by atoms with Crippen LogP contribution in [0.5, 0.6) is 0 Å². The van der Waals surface area contributed by atoms with Gasteiger partial charge in [-0.3, -0.25) is 0 Å². The number of hydrogen-bond donors (Lipinski definition) is 0. The number of allylic oxidation sites excluding steroid dienone is 6. The van der Waals surface area contributed by atoms with Gasteiger partial charge in [0, 0.05) is 6.42 Å². The number of nitriles is 1. The molecule has 0 N–H and O–H groups in total. The van der Waals surface area contributed by atoms with Crippen LogP contribution in [-0.4, -0.2) is 0 Å². The first-order valence-electron chi connectivity index (χ1n) is 4.77. The molecule has 0 spiro atoms. The standard InChI is InChI=1S/C12H17N/c1-2-3-4-5-6-7-8-9-10-11-12-13/h4-9H,2-3,10-11H2,1H3/b5-4+,7-6+,9-8+. The summed E-state index contributed by atoms with van der Waals surface area (Å²) in [5.41, 5.74) is 0. The van der Waals surface area contributed by atoms with Gasteiger partial charge in [-0.25, -0.2) is 0 Å². The summed E-state index contributed by atoms with van der Waals surface area (Å²) in [6.07, 6.45) is 16.0. The van der Waals surface area contributed by atoms with Crippen LogP contribution >= 0.6 is 0 Å². The van der Waals surface area contributed by atoms with E-state index in [1.807, 2.05) is 24.3 Å². The van der Waals surface area contributed by atoms with E-state index in [0.717, 1.165) is 12.8 Å². The van der Waals surface area contributed by atoms with Crippen LogP contribution in [0.2, 0.25) is 0 Å². The van der Waals surface area contributed by atoms with Crippen molar-refractivity contribution >= 4 is 0 Å². The Balaban J connectivity index is 3.40. The second-order valence-electron chi connectivity index (χ2n) is 2.73. The first kappa shape index (κ1) is 11.7. The van der Waals surface area contributed by atoms with Crippen molar-refractivity contribution in [3.8, 4) is 6.07 Å². The summed E-state index contributed by atoms with van der Waals surface area (Å²) in [5.74, 6) is 0. The van der Waals surface area contributed by atoms with Crippen molar-refractivity contribution in [2.45, 2.75) is 32.6 Å². The summed E-state index contributed by atoms with van der Waals surface area (Å²) < 4.78 is 0. The fourth-order valence-corrected chi connectivity index (χ4v) is 0.792. The average molecular weight is 175 g/mol. The molecule has 1 heteroatoms. The molecule has 13 heavy (non-hydrogen) atoms. The molecule has 0 aliphatic heterocycles. The third-order valence-electron chi connectivity index (χ3n) is 1.48. The van der Waals surface area contributed by atoms with E-state index < -0.39 is 0 Å². The van der Waals surface area contributed by atoms with Gasteiger partial charge in [-0.05, 0) is 12.8 Å². The van der Waals surface area contributed by atoms with Gasteiger partial charge < -0.3 is 0 Å². The molecule has 0 rings (SSSR count). The molecule has 0 aliphatic carbocycles. The van der Waals surface area contributed by atoms with Gasteiger partial charge in [0.25, 0.3) is 0 Å². The van der Waals surface area contributed by atoms with E-state index in [4.69, 9.17) is 5.26 Å². The zero-order chi connectivity index (χ0) is 9.78. The molecule has 0 saturated heterocycles. The van der Waals surface area contributed by atoms with Crippen molar-refractivity contribution in [1.29, 1.82) is 5.26 Å². The Hall–Kier alpha value is -1.29. The first-order chi connectivity index (χ1) is 6.41. The fraction of sp³-hybridized carbons (Fsp3) is 0.417. The SMILES string of the molecule is CCC/C=C/C=C/C=C/CCC#N. The van der Waals surface area contributed by atoms with Crippen LogP contribution in [0.4, 0.5) is 0 Å². The Morgan fingerprint density at radius 3 is 2.15 bits per heavy atom. The molecular weight excluding hydrogens is 158 g/mol. The third kappa shape index (κ3) is 10.7. The predicted molar refractivity (Wildman–Crippen MR) is 57.2 cm³/mol. The third-order valence-corrected chi connectivity index (χ3v) is 1.48. The summed E-state index contributed by atoms with van der Waals surface area (Å²) in [4.78, 5) is 0. The topological polar surface area (TPSA) is 23.8 Å². The lowest BCUT2D eigenvalue weighted by Crippen LogP contribution is -1.62. The highest BCUT2D eigenvalue weighted by atomic mass is 14.2. The highest BCUT2D eigenvalue weighted by Crippen LogP contribution is 1.91. The molecule has 1 nitrogen and oxygen atoms in total. The number of rotatable bonds is 6. The summed E-state index contributed by atoms with van der Waals surface area (Å²) in [6, 6.07) is 2.10. The Morgan fingerprint density at radius 2 is 1.62 bits per heavy atom. The maximum Gasteiger partial charge on any atom is 0.0625 e. The minimum atomic E-state index is 0.607. The van der Waals surface area contributed by atoms with Crippen LogP contribution in [-0.2, 0) is 0 Å². The van der Waals surface area contributed by atoms with E-state index in [1.165, 1.54) is 6.42 Å². The molecular formula is C12H17N. The molecule has 0 unspecified atom stereocenters. The molecule has 70 valence electrons. The summed E-state index contributed by atoms with van der Waals surface area (Å²) in [6.45, 7) is 2.16.